The summed E-state index contributed by atoms with van der Waals surface area (Å²) in [5, 5.41) is 2.74. The molecular weight excluding hydrogens is 182 g/mol. The Balaban J connectivity index is 2.54. The van der Waals surface area contributed by atoms with Crippen LogP contribution in [-0.2, 0) is 17.1 Å². The van der Waals surface area contributed by atoms with Crippen LogP contribution in [0.25, 0.3) is 0 Å². The standard InChI is InChI=1S/C10H13NOS/c1-8(12)11-6-9-2-4-10(7-13)5-3-9/h2-5,13H,6-7H2,1H3,(H,11,12). The molecule has 70 valence electrons. The molecule has 0 atom stereocenters. The van der Waals surface area contributed by atoms with E-state index >= 15 is 0 Å². The van der Waals surface area contributed by atoms with Gasteiger partial charge in [0.15, 0.2) is 0 Å². The summed E-state index contributed by atoms with van der Waals surface area (Å²) in [6, 6.07) is 8.04. The van der Waals surface area contributed by atoms with Gasteiger partial charge in [-0.1, -0.05) is 24.3 Å². The molecule has 0 aliphatic carbocycles. The second-order valence-corrected chi connectivity index (χ2v) is 3.20. The van der Waals surface area contributed by atoms with Gasteiger partial charge in [-0.2, -0.15) is 12.6 Å². The Labute approximate surface area is 83.8 Å². The molecule has 0 radical (unpaired) electrons. The van der Waals surface area contributed by atoms with E-state index in [1.807, 2.05) is 24.3 Å². The second kappa shape index (κ2) is 4.92. The predicted molar refractivity (Wildman–Crippen MR) is 56.7 cm³/mol. The third-order valence-electron chi connectivity index (χ3n) is 1.75. The molecule has 2 nitrogen and oxygen atoms in total. The molecule has 13 heavy (non-hydrogen) atoms. The molecule has 1 aromatic rings. The van der Waals surface area contributed by atoms with Crippen LogP contribution in [0.5, 0.6) is 0 Å². The van der Waals surface area contributed by atoms with Crippen molar-refractivity contribution >= 4 is 18.5 Å². The normalized spacial score (nSPS) is 9.69. The maximum Gasteiger partial charge on any atom is 0.217 e. The van der Waals surface area contributed by atoms with Crippen molar-refractivity contribution in [2.24, 2.45) is 0 Å². The van der Waals surface area contributed by atoms with Crippen LogP contribution in [0.2, 0.25) is 0 Å². The molecule has 0 aliphatic heterocycles. The third kappa shape index (κ3) is 3.51. The number of rotatable bonds is 3. The van der Waals surface area contributed by atoms with Gasteiger partial charge in [-0.05, 0) is 11.1 Å². The molecule has 0 fully saturated rings. The van der Waals surface area contributed by atoms with Crippen molar-refractivity contribution in [1.82, 2.24) is 5.32 Å². The van der Waals surface area contributed by atoms with Gasteiger partial charge in [0.05, 0.1) is 0 Å². The number of carbonyl (C=O) groups excluding carboxylic acids is 1. The van der Waals surface area contributed by atoms with E-state index < -0.39 is 0 Å². The van der Waals surface area contributed by atoms with Crippen LogP contribution in [0, 0.1) is 0 Å². The largest absolute Gasteiger partial charge is 0.352 e. The van der Waals surface area contributed by atoms with Gasteiger partial charge in [-0.25, -0.2) is 0 Å². The molecule has 1 N–H and O–H groups in total. The lowest BCUT2D eigenvalue weighted by Gasteiger charge is -2.02. The van der Waals surface area contributed by atoms with E-state index in [4.69, 9.17) is 0 Å². The Kier molecular flexibility index (Phi) is 3.83. The smallest absolute Gasteiger partial charge is 0.217 e. The van der Waals surface area contributed by atoms with Gasteiger partial charge in [0.2, 0.25) is 5.91 Å². The molecule has 1 aromatic carbocycles. The van der Waals surface area contributed by atoms with E-state index in [-0.39, 0.29) is 5.91 Å². The molecular formula is C10H13NOS. The molecule has 0 saturated heterocycles. The third-order valence-corrected chi connectivity index (χ3v) is 2.11. The maximum absolute atomic E-state index is 10.6. The van der Waals surface area contributed by atoms with Crippen LogP contribution < -0.4 is 5.32 Å². The summed E-state index contributed by atoms with van der Waals surface area (Å²) in [7, 11) is 0. The average Bonchev–Trinajstić information content (AvgIpc) is 2.15. The molecule has 0 spiro atoms. The fourth-order valence-corrected chi connectivity index (χ4v) is 1.20. The van der Waals surface area contributed by atoms with Crippen molar-refractivity contribution in [2.75, 3.05) is 0 Å². The van der Waals surface area contributed by atoms with Crippen LogP contribution in [0.4, 0.5) is 0 Å². The van der Waals surface area contributed by atoms with Gasteiger partial charge in [0.25, 0.3) is 0 Å². The zero-order valence-corrected chi connectivity index (χ0v) is 8.47. The number of carbonyl (C=O) groups is 1. The molecule has 1 amide bonds. The Morgan fingerprint density at radius 1 is 1.31 bits per heavy atom. The number of benzene rings is 1. The van der Waals surface area contributed by atoms with Gasteiger partial charge in [0.1, 0.15) is 0 Å². The minimum absolute atomic E-state index is 0.00160. The van der Waals surface area contributed by atoms with E-state index in [2.05, 4.69) is 17.9 Å². The van der Waals surface area contributed by atoms with Crippen LogP contribution in [0.1, 0.15) is 18.1 Å². The quantitative estimate of drug-likeness (QED) is 0.707. The molecule has 0 unspecified atom stereocenters. The first-order valence-corrected chi connectivity index (χ1v) is 4.78. The SMILES string of the molecule is CC(=O)NCc1ccc(CS)cc1. The fourth-order valence-electron chi connectivity index (χ4n) is 0.989. The first-order valence-electron chi connectivity index (χ1n) is 4.15. The minimum atomic E-state index is -0.00160. The Morgan fingerprint density at radius 3 is 2.31 bits per heavy atom. The van der Waals surface area contributed by atoms with Gasteiger partial charge in [-0.15, -0.1) is 0 Å². The van der Waals surface area contributed by atoms with Crippen LogP contribution in [0.3, 0.4) is 0 Å². The highest BCUT2D eigenvalue weighted by Crippen LogP contribution is 2.06. The van der Waals surface area contributed by atoms with Crippen LogP contribution >= 0.6 is 12.6 Å². The Hall–Kier alpha value is -0.960. The molecule has 0 saturated carbocycles. The van der Waals surface area contributed by atoms with Crippen molar-refractivity contribution in [1.29, 1.82) is 0 Å². The van der Waals surface area contributed by atoms with E-state index in [1.54, 1.807) is 0 Å². The summed E-state index contributed by atoms with van der Waals surface area (Å²) in [4.78, 5) is 10.6. The lowest BCUT2D eigenvalue weighted by molar-refractivity contribution is -0.119. The topological polar surface area (TPSA) is 29.1 Å². The van der Waals surface area contributed by atoms with E-state index in [1.165, 1.54) is 12.5 Å². The van der Waals surface area contributed by atoms with E-state index in [0.29, 0.717) is 6.54 Å². The van der Waals surface area contributed by atoms with Gasteiger partial charge < -0.3 is 5.32 Å². The molecule has 0 heterocycles. The maximum atomic E-state index is 10.6. The van der Waals surface area contributed by atoms with Crippen molar-refractivity contribution in [2.45, 2.75) is 19.2 Å². The molecule has 0 aromatic heterocycles. The lowest BCUT2D eigenvalue weighted by atomic mass is 10.1. The number of thiol groups is 1. The minimum Gasteiger partial charge on any atom is -0.352 e. The van der Waals surface area contributed by atoms with E-state index in [0.717, 1.165) is 11.3 Å². The van der Waals surface area contributed by atoms with Crippen LogP contribution in [-0.4, -0.2) is 5.91 Å². The summed E-state index contributed by atoms with van der Waals surface area (Å²) >= 11 is 4.16. The molecule has 3 heteroatoms. The van der Waals surface area contributed by atoms with Gasteiger partial charge in [0, 0.05) is 19.2 Å². The summed E-state index contributed by atoms with van der Waals surface area (Å²) in [6.07, 6.45) is 0. The summed E-state index contributed by atoms with van der Waals surface area (Å²) in [6.45, 7) is 2.12. The predicted octanol–water partition coefficient (Wildman–Crippen LogP) is 1.75. The average molecular weight is 195 g/mol. The summed E-state index contributed by atoms with van der Waals surface area (Å²) in [5.74, 6) is 0.749. The molecule has 0 bridgehead atoms. The first kappa shape index (κ1) is 10.1. The zero-order chi connectivity index (χ0) is 9.68. The number of hydrogen-bond donors (Lipinski definition) is 2. The summed E-state index contributed by atoms with van der Waals surface area (Å²) in [5.41, 5.74) is 2.30. The number of nitrogens with one attached hydrogen (secondary N) is 1. The molecule has 1 rings (SSSR count). The second-order valence-electron chi connectivity index (χ2n) is 2.88. The zero-order valence-electron chi connectivity index (χ0n) is 7.58. The van der Waals surface area contributed by atoms with Gasteiger partial charge >= 0.3 is 0 Å². The van der Waals surface area contributed by atoms with Crippen LogP contribution in [0.15, 0.2) is 24.3 Å². The van der Waals surface area contributed by atoms with Gasteiger partial charge in [-0.3, -0.25) is 4.79 Å². The highest BCUT2D eigenvalue weighted by atomic mass is 32.1. The van der Waals surface area contributed by atoms with Crippen molar-refractivity contribution in [3.63, 3.8) is 0 Å². The monoisotopic (exact) mass is 195 g/mol. The van der Waals surface area contributed by atoms with Crippen molar-refractivity contribution in [3.05, 3.63) is 35.4 Å². The fraction of sp³-hybridized carbons (Fsp3) is 0.300. The number of amides is 1. The molecule has 0 aliphatic rings. The first-order chi connectivity index (χ1) is 6.22. The lowest BCUT2D eigenvalue weighted by Crippen LogP contribution is -2.18. The number of hydrogen-bond acceptors (Lipinski definition) is 2. The highest BCUT2D eigenvalue weighted by Gasteiger charge is 1.94. The Morgan fingerprint density at radius 2 is 1.85 bits per heavy atom. The van der Waals surface area contributed by atoms with Crippen molar-refractivity contribution < 1.29 is 4.79 Å². The van der Waals surface area contributed by atoms with E-state index in [9.17, 15) is 4.79 Å². The van der Waals surface area contributed by atoms with Crippen molar-refractivity contribution in [3.8, 4) is 0 Å². The summed E-state index contributed by atoms with van der Waals surface area (Å²) < 4.78 is 0. The Bertz CT molecular complexity index is 281. The highest BCUT2D eigenvalue weighted by molar-refractivity contribution is 7.79.